The number of hydrogen-bond acceptors (Lipinski definition) is 5. The van der Waals surface area contributed by atoms with E-state index in [0.717, 1.165) is 16.8 Å². The molecule has 0 radical (unpaired) electrons. The summed E-state index contributed by atoms with van der Waals surface area (Å²) in [7, 11) is 0. The third kappa shape index (κ3) is 2.01. The van der Waals surface area contributed by atoms with Crippen LogP contribution < -0.4 is 11.2 Å². The summed E-state index contributed by atoms with van der Waals surface area (Å²) in [5.41, 5.74) is -1.58. The average molecular weight is 258 g/mol. The molecular weight excluding hydrogens is 247 g/mol. The molecule has 3 N–H and O–H groups in total. The van der Waals surface area contributed by atoms with Crippen molar-refractivity contribution < 1.29 is 19.3 Å². The van der Waals surface area contributed by atoms with Crippen LogP contribution in [-0.2, 0) is 4.74 Å². The number of nitrogens with one attached hydrogen (secondary N) is 1. The van der Waals surface area contributed by atoms with E-state index < -0.39 is 36.3 Å². The van der Waals surface area contributed by atoms with Crippen molar-refractivity contribution in [3.05, 3.63) is 45.0 Å². The van der Waals surface area contributed by atoms with Gasteiger partial charge in [-0.1, -0.05) is 0 Å². The predicted octanol–water partition coefficient (Wildman–Crippen LogP) is -1.36. The average Bonchev–Trinajstić information content (AvgIpc) is 2.65. The van der Waals surface area contributed by atoms with Crippen molar-refractivity contribution in [1.29, 1.82) is 0 Å². The number of aromatic amines is 1. The number of halogens is 1. The third-order valence-corrected chi connectivity index (χ3v) is 2.69. The van der Waals surface area contributed by atoms with Crippen LogP contribution in [0.1, 0.15) is 6.23 Å². The zero-order valence-corrected chi connectivity index (χ0v) is 9.12. The summed E-state index contributed by atoms with van der Waals surface area (Å²) in [6.45, 7) is -0.521. The Labute approximate surface area is 99.8 Å². The molecule has 98 valence electrons. The second-order valence-electron chi connectivity index (χ2n) is 3.78. The van der Waals surface area contributed by atoms with Crippen molar-refractivity contribution in [2.75, 3.05) is 6.61 Å². The van der Waals surface area contributed by atoms with Crippen LogP contribution in [0.15, 0.2) is 33.8 Å². The number of nitrogens with zero attached hydrogens (tertiary/aromatic N) is 1. The van der Waals surface area contributed by atoms with Crippen LogP contribution in [0.25, 0.3) is 0 Å². The zero-order chi connectivity index (χ0) is 13.3. The van der Waals surface area contributed by atoms with Gasteiger partial charge in [0.05, 0.1) is 12.9 Å². The molecule has 3 atom stereocenters. The molecule has 0 saturated carbocycles. The number of hydrogen-bond donors (Lipinski definition) is 3. The van der Waals surface area contributed by atoms with E-state index in [1.54, 1.807) is 0 Å². The van der Waals surface area contributed by atoms with E-state index in [0.29, 0.717) is 0 Å². The van der Waals surface area contributed by atoms with Gasteiger partial charge in [-0.25, -0.2) is 9.18 Å². The van der Waals surface area contributed by atoms with Crippen molar-refractivity contribution in [2.45, 2.75) is 18.4 Å². The maximum Gasteiger partial charge on any atom is 0.330 e. The van der Waals surface area contributed by atoms with E-state index in [4.69, 9.17) is 9.84 Å². The largest absolute Gasteiger partial charge is 0.394 e. The Morgan fingerprint density at radius 2 is 2.28 bits per heavy atom. The Bertz CT molecular complexity index is 578. The summed E-state index contributed by atoms with van der Waals surface area (Å²) in [6, 6.07) is 1.07. The van der Waals surface area contributed by atoms with Crippen molar-refractivity contribution in [2.24, 2.45) is 0 Å². The lowest BCUT2D eigenvalue weighted by atomic mass is 10.1. The topological polar surface area (TPSA) is 105 Å². The lowest BCUT2D eigenvalue weighted by Crippen LogP contribution is -2.32. The van der Waals surface area contributed by atoms with E-state index in [2.05, 4.69) is 0 Å². The van der Waals surface area contributed by atoms with Gasteiger partial charge in [0, 0.05) is 17.8 Å². The molecule has 7 nitrogen and oxygen atoms in total. The standard InChI is InChI=1S/C10H11FN2O5/c11-3-5-8(16)6(4-14)18-9(5)13-2-1-7(15)12-10(13)17/h1-3,6,8-9,14,16H,4H2,(H,12,15,17)/b5-3+. The molecule has 3 unspecified atom stereocenters. The fourth-order valence-electron chi connectivity index (χ4n) is 1.78. The fourth-order valence-corrected chi connectivity index (χ4v) is 1.78. The minimum Gasteiger partial charge on any atom is -0.394 e. The minimum absolute atomic E-state index is 0.128. The van der Waals surface area contributed by atoms with Crippen LogP contribution in [-0.4, -0.2) is 38.6 Å². The lowest BCUT2D eigenvalue weighted by molar-refractivity contribution is -0.0448. The summed E-state index contributed by atoms with van der Waals surface area (Å²) in [5.74, 6) is 0. The minimum atomic E-state index is -1.34. The van der Waals surface area contributed by atoms with Crippen LogP contribution >= 0.6 is 0 Å². The number of aliphatic hydroxyl groups excluding tert-OH is 2. The van der Waals surface area contributed by atoms with E-state index >= 15 is 0 Å². The first kappa shape index (κ1) is 12.7. The monoisotopic (exact) mass is 258 g/mol. The molecule has 0 bridgehead atoms. The number of H-pyrrole nitrogens is 1. The molecule has 1 saturated heterocycles. The van der Waals surface area contributed by atoms with Gasteiger partial charge in [-0.3, -0.25) is 14.3 Å². The van der Waals surface area contributed by atoms with Gasteiger partial charge in [-0.05, 0) is 0 Å². The van der Waals surface area contributed by atoms with E-state index in [-0.39, 0.29) is 11.9 Å². The highest BCUT2D eigenvalue weighted by atomic mass is 19.1. The summed E-state index contributed by atoms with van der Waals surface area (Å²) < 4.78 is 18.8. The third-order valence-electron chi connectivity index (χ3n) is 2.69. The van der Waals surface area contributed by atoms with Gasteiger partial charge in [0.2, 0.25) is 0 Å². The van der Waals surface area contributed by atoms with Crippen molar-refractivity contribution in [3.63, 3.8) is 0 Å². The normalized spacial score (nSPS) is 29.9. The number of aliphatic hydroxyl groups is 2. The van der Waals surface area contributed by atoms with Crippen LogP contribution in [0.4, 0.5) is 4.39 Å². The first-order chi connectivity index (χ1) is 8.58. The maximum absolute atomic E-state index is 12.7. The highest BCUT2D eigenvalue weighted by molar-refractivity contribution is 5.16. The van der Waals surface area contributed by atoms with Crippen molar-refractivity contribution in [3.8, 4) is 0 Å². The molecule has 0 aliphatic carbocycles. The molecule has 1 aromatic rings. The fraction of sp³-hybridized carbons (Fsp3) is 0.400. The Hall–Kier alpha value is -1.77. The van der Waals surface area contributed by atoms with Gasteiger partial charge in [0.25, 0.3) is 5.56 Å². The number of ether oxygens (including phenoxy) is 1. The molecule has 1 aromatic heterocycles. The number of rotatable bonds is 2. The molecule has 0 spiro atoms. The smallest absolute Gasteiger partial charge is 0.330 e. The highest BCUT2D eigenvalue weighted by Gasteiger charge is 2.40. The molecule has 2 rings (SSSR count). The summed E-state index contributed by atoms with van der Waals surface area (Å²) in [4.78, 5) is 24.4. The van der Waals surface area contributed by atoms with Gasteiger partial charge in [-0.15, -0.1) is 0 Å². The summed E-state index contributed by atoms with van der Waals surface area (Å²) >= 11 is 0. The Morgan fingerprint density at radius 1 is 1.56 bits per heavy atom. The van der Waals surface area contributed by atoms with Crippen LogP contribution in [0.2, 0.25) is 0 Å². The molecule has 1 aliphatic rings. The lowest BCUT2D eigenvalue weighted by Gasteiger charge is -2.14. The van der Waals surface area contributed by atoms with Crippen LogP contribution in [0.3, 0.4) is 0 Å². The van der Waals surface area contributed by atoms with Gasteiger partial charge < -0.3 is 14.9 Å². The molecule has 2 heterocycles. The predicted molar refractivity (Wildman–Crippen MR) is 57.5 cm³/mol. The second-order valence-corrected chi connectivity index (χ2v) is 3.78. The van der Waals surface area contributed by atoms with E-state index in [1.807, 2.05) is 4.98 Å². The van der Waals surface area contributed by atoms with Gasteiger partial charge in [0.1, 0.15) is 12.2 Å². The molecule has 18 heavy (non-hydrogen) atoms. The van der Waals surface area contributed by atoms with Crippen LogP contribution in [0.5, 0.6) is 0 Å². The SMILES string of the molecule is O=c1ccn(C2OC(CO)C(O)/C2=C\F)c(=O)[nH]1. The van der Waals surface area contributed by atoms with Gasteiger partial charge in [0.15, 0.2) is 6.23 Å². The zero-order valence-electron chi connectivity index (χ0n) is 9.12. The first-order valence-electron chi connectivity index (χ1n) is 5.14. The maximum atomic E-state index is 12.7. The second kappa shape index (κ2) is 4.84. The van der Waals surface area contributed by atoms with E-state index in [1.165, 1.54) is 0 Å². The van der Waals surface area contributed by atoms with Gasteiger partial charge in [-0.2, -0.15) is 0 Å². The quantitative estimate of drug-likeness (QED) is 0.607. The molecule has 1 fully saturated rings. The van der Waals surface area contributed by atoms with Crippen LogP contribution in [0, 0.1) is 0 Å². The van der Waals surface area contributed by atoms with Crippen molar-refractivity contribution >= 4 is 0 Å². The summed E-state index contributed by atoms with van der Waals surface area (Å²) in [6.07, 6.45) is -2.30. The number of aromatic nitrogens is 2. The molecule has 1 aliphatic heterocycles. The first-order valence-corrected chi connectivity index (χ1v) is 5.14. The van der Waals surface area contributed by atoms with E-state index in [9.17, 15) is 19.1 Å². The molecule has 0 amide bonds. The molecule has 0 aromatic carbocycles. The Balaban J connectivity index is 2.45. The Kier molecular flexibility index (Phi) is 3.41. The molecular formula is C10H11FN2O5. The van der Waals surface area contributed by atoms with Crippen molar-refractivity contribution in [1.82, 2.24) is 9.55 Å². The highest BCUT2D eigenvalue weighted by Crippen LogP contribution is 2.33. The molecule has 8 heteroatoms. The Morgan fingerprint density at radius 3 is 2.83 bits per heavy atom. The van der Waals surface area contributed by atoms with Gasteiger partial charge >= 0.3 is 5.69 Å². The summed E-state index contributed by atoms with van der Waals surface area (Å²) in [5, 5.41) is 18.6.